The standard InChI is InChI=1S/C16H22O2/c1-3-4-16(10(2)15(17)18)13-6-11-5-12(8-13)9-14(16)7-11/h3,11-14H,1-2,4-9H2,(H,17,18). The Balaban J connectivity index is 2.01. The predicted octanol–water partition coefficient (Wildman–Crippen LogP) is 3.65. The quantitative estimate of drug-likeness (QED) is 0.607. The normalized spacial score (nSPS) is 44.9. The largest absolute Gasteiger partial charge is 0.478 e. The smallest absolute Gasteiger partial charge is 0.331 e. The van der Waals surface area contributed by atoms with E-state index in [2.05, 4.69) is 13.2 Å². The minimum atomic E-state index is -0.802. The number of carboxylic acid groups (broad SMARTS) is 1. The lowest BCUT2D eigenvalue weighted by molar-refractivity contribution is -0.140. The van der Waals surface area contributed by atoms with Crippen LogP contribution in [-0.2, 0) is 4.79 Å². The molecule has 0 aliphatic heterocycles. The molecule has 18 heavy (non-hydrogen) atoms. The maximum Gasteiger partial charge on any atom is 0.331 e. The number of allylic oxidation sites excluding steroid dienone is 1. The fraction of sp³-hybridized carbons (Fsp3) is 0.688. The van der Waals surface area contributed by atoms with E-state index in [0.717, 1.165) is 18.3 Å². The summed E-state index contributed by atoms with van der Waals surface area (Å²) in [6.45, 7) is 7.81. The van der Waals surface area contributed by atoms with E-state index in [-0.39, 0.29) is 5.41 Å². The van der Waals surface area contributed by atoms with Crippen LogP contribution < -0.4 is 0 Å². The van der Waals surface area contributed by atoms with Crippen molar-refractivity contribution >= 4 is 5.97 Å². The van der Waals surface area contributed by atoms with Crippen LogP contribution in [0.1, 0.15) is 38.5 Å². The van der Waals surface area contributed by atoms with Crippen molar-refractivity contribution in [1.29, 1.82) is 0 Å². The Kier molecular flexibility index (Phi) is 2.65. The maximum absolute atomic E-state index is 11.5. The van der Waals surface area contributed by atoms with Gasteiger partial charge in [0.25, 0.3) is 0 Å². The Morgan fingerprint density at radius 2 is 1.67 bits per heavy atom. The van der Waals surface area contributed by atoms with E-state index in [1.807, 2.05) is 6.08 Å². The second-order valence-electron chi connectivity index (χ2n) is 6.62. The molecule has 1 N–H and O–H groups in total. The molecule has 2 nitrogen and oxygen atoms in total. The molecular formula is C16H22O2. The highest BCUT2D eigenvalue weighted by Gasteiger charge is 2.58. The molecule has 0 atom stereocenters. The van der Waals surface area contributed by atoms with Crippen LogP contribution in [-0.4, -0.2) is 11.1 Å². The minimum absolute atomic E-state index is 0.180. The summed E-state index contributed by atoms with van der Waals surface area (Å²) >= 11 is 0. The highest BCUT2D eigenvalue weighted by molar-refractivity contribution is 5.87. The first kappa shape index (κ1) is 12.0. The molecule has 4 aliphatic rings. The molecular weight excluding hydrogens is 224 g/mol. The fourth-order valence-corrected chi connectivity index (χ4v) is 5.41. The molecule has 0 radical (unpaired) electrons. The molecule has 0 saturated heterocycles. The molecule has 0 heterocycles. The first-order valence-corrected chi connectivity index (χ1v) is 7.11. The van der Waals surface area contributed by atoms with Gasteiger partial charge in [0.2, 0.25) is 0 Å². The van der Waals surface area contributed by atoms with E-state index < -0.39 is 5.97 Å². The van der Waals surface area contributed by atoms with Crippen LogP contribution in [0.25, 0.3) is 0 Å². The summed E-state index contributed by atoms with van der Waals surface area (Å²) in [6.07, 6.45) is 8.96. The second kappa shape index (κ2) is 3.97. The molecule has 0 aromatic rings. The molecule has 4 bridgehead atoms. The van der Waals surface area contributed by atoms with Gasteiger partial charge in [-0.25, -0.2) is 4.79 Å². The molecule has 0 aromatic heterocycles. The van der Waals surface area contributed by atoms with Crippen LogP contribution in [0.2, 0.25) is 0 Å². The van der Waals surface area contributed by atoms with Gasteiger partial charge in [0.15, 0.2) is 0 Å². The van der Waals surface area contributed by atoms with Crippen molar-refractivity contribution in [3.05, 3.63) is 24.8 Å². The first-order valence-electron chi connectivity index (χ1n) is 7.11. The van der Waals surface area contributed by atoms with Gasteiger partial charge in [-0.05, 0) is 62.2 Å². The third kappa shape index (κ3) is 1.44. The molecule has 0 spiro atoms. The zero-order chi connectivity index (χ0) is 12.9. The van der Waals surface area contributed by atoms with Gasteiger partial charge in [-0.15, -0.1) is 6.58 Å². The lowest BCUT2D eigenvalue weighted by Gasteiger charge is -2.61. The SMILES string of the molecule is C=CCC1(C(=C)C(=O)O)C2CC3CC(C2)CC1C3. The Morgan fingerprint density at radius 3 is 2.06 bits per heavy atom. The molecule has 4 aliphatic carbocycles. The van der Waals surface area contributed by atoms with Gasteiger partial charge in [0.1, 0.15) is 0 Å². The molecule has 98 valence electrons. The predicted molar refractivity (Wildman–Crippen MR) is 71.1 cm³/mol. The summed E-state index contributed by atoms with van der Waals surface area (Å²) in [5.41, 5.74) is 0.275. The third-order valence-corrected chi connectivity index (χ3v) is 5.90. The van der Waals surface area contributed by atoms with Crippen molar-refractivity contribution in [1.82, 2.24) is 0 Å². The molecule has 4 saturated carbocycles. The molecule has 2 heteroatoms. The minimum Gasteiger partial charge on any atom is -0.478 e. The second-order valence-corrected chi connectivity index (χ2v) is 6.62. The van der Waals surface area contributed by atoms with Crippen LogP contribution in [0, 0.1) is 29.1 Å². The van der Waals surface area contributed by atoms with Crippen molar-refractivity contribution in [2.45, 2.75) is 38.5 Å². The summed E-state index contributed by atoms with van der Waals surface area (Å²) in [4.78, 5) is 11.5. The van der Waals surface area contributed by atoms with Crippen LogP contribution in [0.15, 0.2) is 24.8 Å². The number of hydrogen-bond acceptors (Lipinski definition) is 1. The van der Waals surface area contributed by atoms with Gasteiger partial charge in [-0.1, -0.05) is 12.7 Å². The van der Waals surface area contributed by atoms with Gasteiger partial charge in [0.05, 0.1) is 0 Å². The average Bonchev–Trinajstić information content (AvgIpc) is 2.32. The number of aliphatic carboxylic acids is 1. The van der Waals surface area contributed by atoms with E-state index >= 15 is 0 Å². The van der Waals surface area contributed by atoms with Gasteiger partial charge in [-0.3, -0.25) is 0 Å². The molecule has 0 unspecified atom stereocenters. The lowest BCUT2D eigenvalue weighted by atomic mass is 9.43. The molecule has 0 aromatic carbocycles. The summed E-state index contributed by atoms with van der Waals surface area (Å²) in [6, 6.07) is 0. The highest BCUT2D eigenvalue weighted by atomic mass is 16.4. The van der Waals surface area contributed by atoms with Crippen LogP contribution in [0.4, 0.5) is 0 Å². The summed E-state index contributed by atoms with van der Waals surface area (Å²) in [7, 11) is 0. The van der Waals surface area contributed by atoms with E-state index in [4.69, 9.17) is 0 Å². The number of carbonyl (C=O) groups is 1. The Labute approximate surface area is 109 Å². The van der Waals surface area contributed by atoms with Gasteiger partial charge < -0.3 is 5.11 Å². The summed E-state index contributed by atoms with van der Waals surface area (Å²) in [5.74, 6) is 1.98. The highest BCUT2D eigenvalue weighted by Crippen LogP contribution is 2.65. The Hall–Kier alpha value is -1.05. The van der Waals surface area contributed by atoms with E-state index in [1.165, 1.54) is 32.1 Å². The van der Waals surface area contributed by atoms with E-state index in [9.17, 15) is 9.90 Å². The Bertz CT molecular complexity index is 379. The van der Waals surface area contributed by atoms with Gasteiger partial charge >= 0.3 is 5.97 Å². The van der Waals surface area contributed by atoms with Crippen molar-refractivity contribution in [2.75, 3.05) is 0 Å². The van der Waals surface area contributed by atoms with Gasteiger partial charge in [0, 0.05) is 11.0 Å². The molecule has 4 rings (SSSR count). The number of carboxylic acids is 1. The zero-order valence-electron chi connectivity index (χ0n) is 10.9. The Morgan fingerprint density at radius 1 is 1.17 bits per heavy atom. The number of hydrogen-bond donors (Lipinski definition) is 1. The molecule has 4 fully saturated rings. The van der Waals surface area contributed by atoms with Crippen LogP contribution in [0.5, 0.6) is 0 Å². The monoisotopic (exact) mass is 246 g/mol. The van der Waals surface area contributed by atoms with Crippen LogP contribution >= 0.6 is 0 Å². The lowest BCUT2D eigenvalue weighted by Crippen LogP contribution is -2.54. The maximum atomic E-state index is 11.5. The third-order valence-electron chi connectivity index (χ3n) is 5.90. The van der Waals surface area contributed by atoms with E-state index in [1.54, 1.807) is 0 Å². The average molecular weight is 246 g/mol. The van der Waals surface area contributed by atoms with Crippen molar-refractivity contribution in [3.8, 4) is 0 Å². The summed E-state index contributed by atoms with van der Waals surface area (Å²) in [5, 5.41) is 9.42. The fourth-order valence-electron chi connectivity index (χ4n) is 5.41. The van der Waals surface area contributed by atoms with Crippen molar-refractivity contribution in [3.63, 3.8) is 0 Å². The zero-order valence-corrected chi connectivity index (χ0v) is 10.9. The van der Waals surface area contributed by atoms with Crippen molar-refractivity contribution < 1.29 is 9.90 Å². The molecule has 0 amide bonds. The van der Waals surface area contributed by atoms with E-state index in [0.29, 0.717) is 17.4 Å². The first-order chi connectivity index (χ1) is 8.57. The topological polar surface area (TPSA) is 37.3 Å². The number of rotatable bonds is 4. The van der Waals surface area contributed by atoms with Crippen LogP contribution in [0.3, 0.4) is 0 Å². The van der Waals surface area contributed by atoms with Gasteiger partial charge in [-0.2, -0.15) is 0 Å². The summed E-state index contributed by atoms with van der Waals surface area (Å²) < 4.78 is 0. The van der Waals surface area contributed by atoms with Crippen molar-refractivity contribution in [2.24, 2.45) is 29.1 Å².